The first kappa shape index (κ1) is 26.6. The largest absolute Gasteiger partial charge is 0.360 e. The number of amides is 1. The Morgan fingerprint density at radius 3 is 2.46 bits per heavy atom. The molecule has 6 heteroatoms. The predicted molar refractivity (Wildman–Crippen MR) is 159 cm³/mol. The molecule has 39 heavy (non-hydrogen) atoms. The molecule has 1 aromatic heterocycles. The predicted octanol–water partition coefficient (Wildman–Crippen LogP) is 5.51. The molecule has 5 fully saturated rings. The topological polar surface area (TPSA) is 42.9 Å². The Bertz CT molecular complexity index is 1110. The number of hydrogen-bond acceptors (Lipinski definition) is 5. The molecule has 210 valence electrons. The van der Waals surface area contributed by atoms with E-state index in [4.69, 9.17) is 0 Å². The van der Waals surface area contributed by atoms with Gasteiger partial charge in [-0.1, -0.05) is 38.1 Å². The van der Waals surface area contributed by atoms with Crippen molar-refractivity contribution in [2.75, 3.05) is 56.2 Å². The number of hydrogen-bond donors (Lipinski definition) is 0. The fourth-order valence-electron chi connectivity index (χ4n) is 8.37. The highest BCUT2D eigenvalue weighted by Gasteiger charge is 2.55. The van der Waals surface area contributed by atoms with Crippen LogP contribution in [0.1, 0.15) is 58.8 Å². The molecule has 3 saturated carbocycles. The Morgan fingerprint density at radius 2 is 1.77 bits per heavy atom. The van der Waals surface area contributed by atoms with Crippen LogP contribution in [-0.4, -0.2) is 72.7 Å². The van der Waals surface area contributed by atoms with Crippen LogP contribution >= 0.6 is 0 Å². The highest BCUT2D eigenvalue weighted by atomic mass is 16.2. The minimum Gasteiger partial charge on any atom is -0.360 e. The highest BCUT2D eigenvalue weighted by Crippen LogP contribution is 2.62. The molecule has 2 bridgehead atoms. The molecule has 6 nitrogen and oxygen atoms in total. The first-order valence-corrected chi connectivity index (χ1v) is 15.3. The van der Waals surface area contributed by atoms with Crippen LogP contribution in [0.3, 0.4) is 0 Å². The average Bonchev–Trinajstić information content (AvgIpc) is 3.24. The van der Waals surface area contributed by atoms with Gasteiger partial charge >= 0.3 is 0 Å². The maximum Gasteiger partial charge on any atom is 0.250 e. The summed E-state index contributed by atoms with van der Waals surface area (Å²) in [5.74, 6) is 4.12. The molecule has 0 radical (unpaired) electrons. The molecular weight excluding hydrogens is 482 g/mol. The number of aromatic nitrogens is 1. The summed E-state index contributed by atoms with van der Waals surface area (Å²) in [5.41, 5.74) is 1.34. The lowest BCUT2D eigenvalue weighted by atomic mass is 9.45. The van der Waals surface area contributed by atoms with Gasteiger partial charge in [-0.2, -0.15) is 0 Å². The fourth-order valence-corrected chi connectivity index (χ4v) is 8.37. The third-order valence-electron chi connectivity index (χ3n) is 11.0. The number of anilines is 2. The van der Waals surface area contributed by atoms with E-state index in [9.17, 15) is 4.79 Å². The van der Waals surface area contributed by atoms with Crippen LogP contribution in [0.5, 0.6) is 0 Å². The number of carbonyl (C=O) groups is 1. The first-order chi connectivity index (χ1) is 18.9. The standard InChI is InChI=1S/C33H47N5O/c1-32(2)27-14-13-26(29(32)24-27)15-21-36-22-16-33(17-23-36)31(39)37(25-38(33)28-10-5-4-6-11-28)20-9-19-35(3)30-12-7-8-18-34-30/h4-8,10-12,18,26-27,29H,9,13-17,19-25H2,1-3H3. The minimum absolute atomic E-state index is 0.334. The van der Waals surface area contributed by atoms with Crippen molar-refractivity contribution >= 4 is 17.4 Å². The van der Waals surface area contributed by atoms with Gasteiger partial charge < -0.3 is 19.6 Å². The molecular formula is C33H47N5O. The van der Waals surface area contributed by atoms with E-state index in [0.29, 0.717) is 18.0 Å². The van der Waals surface area contributed by atoms with E-state index in [0.717, 1.165) is 69.0 Å². The van der Waals surface area contributed by atoms with Gasteiger partial charge in [0.15, 0.2) is 0 Å². The second kappa shape index (κ2) is 10.8. The van der Waals surface area contributed by atoms with Crippen LogP contribution in [-0.2, 0) is 4.79 Å². The molecule has 2 aromatic rings. The second-order valence-electron chi connectivity index (χ2n) is 13.3. The Kier molecular flexibility index (Phi) is 7.34. The lowest BCUT2D eigenvalue weighted by molar-refractivity contribution is -0.133. The first-order valence-electron chi connectivity index (χ1n) is 15.3. The zero-order valence-electron chi connectivity index (χ0n) is 24.3. The quantitative estimate of drug-likeness (QED) is 0.429. The van der Waals surface area contributed by atoms with Crippen LogP contribution in [0.25, 0.3) is 0 Å². The van der Waals surface area contributed by atoms with Crippen molar-refractivity contribution in [3.8, 4) is 0 Å². The number of pyridine rings is 1. The Labute approximate surface area is 235 Å². The van der Waals surface area contributed by atoms with Gasteiger partial charge in [-0.05, 0) is 98.9 Å². The molecule has 1 amide bonds. The van der Waals surface area contributed by atoms with Crippen molar-refractivity contribution in [1.82, 2.24) is 14.8 Å². The number of para-hydroxylation sites is 1. The van der Waals surface area contributed by atoms with Crippen molar-refractivity contribution in [2.45, 2.75) is 64.3 Å². The monoisotopic (exact) mass is 529 g/mol. The lowest BCUT2D eigenvalue weighted by Crippen LogP contribution is -2.57. The fraction of sp³-hybridized carbons (Fsp3) is 0.636. The van der Waals surface area contributed by atoms with Gasteiger partial charge in [0.25, 0.3) is 0 Å². The highest BCUT2D eigenvalue weighted by molar-refractivity contribution is 5.93. The van der Waals surface area contributed by atoms with E-state index in [1.54, 1.807) is 0 Å². The van der Waals surface area contributed by atoms with Gasteiger partial charge in [-0.3, -0.25) is 4.79 Å². The maximum absolute atomic E-state index is 14.1. The molecule has 3 atom stereocenters. The summed E-state index contributed by atoms with van der Waals surface area (Å²) in [4.78, 5) is 27.9. The van der Waals surface area contributed by atoms with Gasteiger partial charge in [0.2, 0.25) is 5.91 Å². The van der Waals surface area contributed by atoms with Gasteiger partial charge in [0.05, 0.1) is 6.67 Å². The number of nitrogens with zero attached hydrogens (tertiary/aromatic N) is 5. The molecule has 1 aromatic carbocycles. The van der Waals surface area contributed by atoms with Crippen LogP contribution in [0.4, 0.5) is 11.5 Å². The number of benzene rings is 1. The zero-order valence-corrected chi connectivity index (χ0v) is 24.3. The van der Waals surface area contributed by atoms with E-state index >= 15 is 0 Å². The number of carbonyl (C=O) groups excluding carboxylic acids is 1. The number of piperidine rings is 1. The summed E-state index contributed by atoms with van der Waals surface area (Å²) in [5, 5.41) is 0. The molecule has 2 aliphatic heterocycles. The zero-order chi connectivity index (χ0) is 27.0. The molecule has 1 spiro atoms. The summed E-state index contributed by atoms with van der Waals surface area (Å²) >= 11 is 0. The second-order valence-corrected chi connectivity index (χ2v) is 13.3. The van der Waals surface area contributed by atoms with Crippen LogP contribution in [0.2, 0.25) is 0 Å². The summed E-state index contributed by atoms with van der Waals surface area (Å²) in [6.45, 7) is 10.6. The van der Waals surface area contributed by atoms with Crippen molar-refractivity contribution in [3.05, 3.63) is 54.7 Å². The molecule has 2 saturated heterocycles. The van der Waals surface area contributed by atoms with Crippen LogP contribution < -0.4 is 9.80 Å². The normalized spacial score (nSPS) is 27.6. The van der Waals surface area contributed by atoms with E-state index in [1.807, 2.05) is 24.4 Å². The van der Waals surface area contributed by atoms with Gasteiger partial charge in [0.1, 0.15) is 11.4 Å². The van der Waals surface area contributed by atoms with E-state index in [2.05, 4.69) is 75.8 Å². The number of rotatable bonds is 9. The Balaban J connectivity index is 1.08. The van der Waals surface area contributed by atoms with E-state index in [-0.39, 0.29) is 0 Å². The smallest absolute Gasteiger partial charge is 0.250 e. The van der Waals surface area contributed by atoms with Crippen molar-refractivity contribution in [2.24, 2.45) is 23.2 Å². The summed E-state index contributed by atoms with van der Waals surface area (Å²) < 4.78 is 0. The molecule has 7 rings (SSSR count). The molecule has 3 unspecified atom stereocenters. The summed E-state index contributed by atoms with van der Waals surface area (Å²) in [6, 6.07) is 16.6. The Hall–Kier alpha value is -2.60. The molecule has 3 aliphatic carbocycles. The van der Waals surface area contributed by atoms with Crippen molar-refractivity contribution in [1.29, 1.82) is 0 Å². The van der Waals surface area contributed by atoms with E-state index in [1.165, 1.54) is 37.9 Å². The molecule has 3 heterocycles. The number of likely N-dealkylation sites (tertiary alicyclic amines) is 1. The third kappa shape index (κ3) is 4.94. The lowest BCUT2D eigenvalue weighted by Gasteiger charge is -2.60. The Morgan fingerprint density at radius 1 is 1.00 bits per heavy atom. The van der Waals surface area contributed by atoms with Gasteiger partial charge in [-0.25, -0.2) is 4.98 Å². The number of fused-ring (bicyclic) bond motifs is 2. The van der Waals surface area contributed by atoms with Crippen LogP contribution in [0, 0.1) is 23.2 Å². The SMILES string of the molecule is CN(CCCN1CN(c2ccccc2)C2(CCN(CCC3CCC4CC3C4(C)C)CC2)C1=O)c1ccccn1. The van der Waals surface area contributed by atoms with Crippen molar-refractivity contribution < 1.29 is 4.79 Å². The molecule has 0 N–H and O–H groups in total. The minimum atomic E-state index is -0.404. The van der Waals surface area contributed by atoms with Gasteiger partial charge in [0, 0.05) is 45.1 Å². The van der Waals surface area contributed by atoms with E-state index < -0.39 is 5.54 Å². The van der Waals surface area contributed by atoms with Gasteiger partial charge in [-0.15, -0.1) is 0 Å². The van der Waals surface area contributed by atoms with Crippen LogP contribution in [0.15, 0.2) is 54.7 Å². The summed E-state index contributed by atoms with van der Waals surface area (Å²) in [7, 11) is 2.08. The summed E-state index contributed by atoms with van der Waals surface area (Å²) in [6.07, 6.45) is 10.3. The molecule has 5 aliphatic rings. The average molecular weight is 530 g/mol. The third-order valence-corrected chi connectivity index (χ3v) is 11.0. The maximum atomic E-state index is 14.1. The van der Waals surface area contributed by atoms with Crippen molar-refractivity contribution in [3.63, 3.8) is 0 Å².